The van der Waals surface area contributed by atoms with E-state index in [1.54, 1.807) is 18.2 Å². The first-order chi connectivity index (χ1) is 9.60. The van der Waals surface area contributed by atoms with Crippen LogP contribution >= 0.6 is 15.9 Å². The van der Waals surface area contributed by atoms with Gasteiger partial charge < -0.3 is 5.32 Å². The quantitative estimate of drug-likeness (QED) is 0.833. The number of alkyl halides is 1. The summed E-state index contributed by atoms with van der Waals surface area (Å²) in [4.78, 5) is 12.2. The van der Waals surface area contributed by atoms with E-state index in [-0.39, 0.29) is 17.8 Å². The Morgan fingerprint density at radius 3 is 2.60 bits per heavy atom. The average molecular weight is 336 g/mol. The molecule has 1 atom stereocenters. The van der Waals surface area contributed by atoms with Crippen molar-refractivity contribution >= 4 is 21.8 Å². The van der Waals surface area contributed by atoms with Crippen molar-refractivity contribution in [2.75, 3.05) is 0 Å². The van der Waals surface area contributed by atoms with Gasteiger partial charge in [-0.05, 0) is 42.3 Å². The summed E-state index contributed by atoms with van der Waals surface area (Å²) in [5.74, 6) is -0.415. The lowest BCUT2D eigenvalue weighted by molar-refractivity contribution is 0.0940. The normalized spacial score (nSPS) is 11.9. The molecule has 0 saturated heterocycles. The predicted octanol–water partition coefficient (Wildman–Crippen LogP) is 4.21. The molecule has 2 aromatic rings. The molecule has 0 aliphatic rings. The Morgan fingerprint density at radius 2 is 1.95 bits per heavy atom. The summed E-state index contributed by atoms with van der Waals surface area (Å²) < 4.78 is 12.9. The summed E-state index contributed by atoms with van der Waals surface area (Å²) in [7, 11) is 0. The summed E-state index contributed by atoms with van der Waals surface area (Å²) in [6.07, 6.45) is 0. The van der Waals surface area contributed by atoms with Crippen LogP contribution in [0.3, 0.4) is 0 Å². The number of rotatable bonds is 4. The van der Waals surface area contributed by atoms with Crippen molar-refractivity contribution in [1.82, 2.24) is 5.32 Å². The van der Waals surface area contributed by atoms with Crippen LogP contribution in [0.1, 0.15) is 34.5 Å². The minimum atomic E-state index is -0.280. The summed E-state index contributed by atoms with van der Waals surface area (Å²) in [5.41, 5.74) is 2.54. The van der Waals surface area contributed by atoms with Gasteiger partial charge >= 0.3 is 0 Å². The van der Waals surface area contributed by atoms with Crippen LogP contribution in [0.2, 0.25) is 0 Å². The monoisotopic (exact) mass is 335 g/mol. The van der Waals surface area contributed by atoms with Crippen molar-refractivity contribution < 1.29 is 9.18 Å². The smallest absolute Gasteiger partial charge is 0.251 e. The van der Waals surface area contributed by atoms with Gasteiger partial charge in [0, 0.05) is 10.9 Å². The molecule has 1 unspecified atom stereocenters. The molecule has 0 spiro atoms. The molecule has 20 heavy (non-hydrogen) atoms. The average Bonchev–Trinajstić information content (AvgIpc) is 2.47. The fraction of sp³-hybridized carbons (Fsp3) is 0.188. The molecule has 1 N–H and O–H groups in total. The molecule has 0 radical (unpaired) electrons. The van der Waals surface area contributed by atoms with Crippen molar-refractivity contribution in [3.63, 3.8) is 0 Å². The first kappa shape index (κ1) is 14.7. The highest BCUT2D eigenvalue weighted by atomic mass is 79.9. The van der Waals surface area contributed by atoms with Crippen LogP contribution in [0.15, 0.2) is 48.5 Å². The fourth-order valence-corrected chi connectivity index (χ4v) is 2.26. The second-order valence-electron chi connectivity index (χ2n) is 4.58. The molecule has 0 heterocycles. The van der Waals surface area contributed by atoms with Crippen molar-refractivity contribution in [2.45, 2.75) is 18.3 Å². The largest absolute Gasteiger partial charge is 0.346 e. The third kappa shape index (κ3) is 3.67. The van der Waals surface area contributed by atoms with Crippen LogP contribution in [0.25, 0.3) is 0 Å². The van der Waals surface area contributed by atoms with Crippen LogP contribution < -0.4 is 5.32 Å². The molecule has 104 valence electrons. The minimum absolute atomic E-state index is 0.135. The lowest BCUT2D eigenvalue weighted by Crippen LogP contribution is -2.26. The van der Waals surface area contributed by atoms with Gasteiger partial charge in [-0.25, -0.2) is 4.39 Å². The predicted molar refractivity (Wildman–Crippen MR) is 81.4 cm³/mol. The van der Waals surface area contributed by atoms with Gasteiger partial charge in [0.1, 0.15) is 5.82 Å². The Morgan fingerprint density at radius 1 is 1.25 bits per heavy atom. The van der Waals surface area contributed by atoms with Crippen LogP contribution in [0, 0.1) is 5.82 Å². The van der Waals surface area contributed by atoms with E-state index < -0.39 is 0 Å². The standard InChI is InChI=1S/C16H15BrFNO/c1-11(13-5-7-15(18)8-6-13)19-16(20)14-4-2-3-12(9-14)10-17/h2-9,11H,10H2,1H3,(H,19,20). The Bertz CT molecular complexity index is 598. The number of carbonyl (C=O) groups is 1. The summed E-state index contributed by atoms with van der Waals surface area (Å²) in [6.45, 7) is 1.87. The molecule has 2 aromatic carbocycles. The van der Waals surface area contributed by atoms with Gasteiger partial charge in [0.05, 0.1) is 6.04 Å². The van der Waals surface area contributed by atoms with Gasteiger partial charge in [0.15, 0.2) is 0 Å². The number of halogens is 2. The Hall–Kier alpha value is -1.68. The SMILES string of the molecule is CC(NC(=O)c1cccc(CBr)c1)c1ccc(F)cc1. The molecule has 1 amide bonds. The van der Waals surface area contributed by atoms with Crippen LogP contribution in [0.5, 0.6) is 0 Å². The molecule has 0 bridgehead atoms. The maximum Gasteiger partial charge on any atom is 0.251 e. The molecule has 0 fully saturated rings. The molecule has 4 heteroatoms. The number of hydrogen-bond acceptors (Lipinski definition) is 1. The van der Waals surface area contributed by atoms with Gasteiger partial charge in [-0.3, -0.25) is 4.79 Å². The second kappa shape index (κ2) is 6.66. The van der Waals surface area contributed by atoms with E-state index in [9.17, 15) is 9.18 Å². The molecule has 0 aliphatic carbocycles. The number of nitrogens with one attached hydrogen (secondary N) is 1. The highest BCUT2D eigenvalue weighted by Gasteiger charge is 2.11. The highest BCUT2D eigenvalue weighted by Crippen LogP contribution is 2.15. The highest BCUT2D eigenvalue weighted by molar-refractivity contribution is 9.08. The van der Waals surface area contributed by atoms with Crippen molar-refractivity contribution in [3.05, 3.63) is 71.0 Å². The Kier molecular flexibility index (Phi) is 4.90. The number of amides is 1. The van der Waals surface area contributed by atoms with Crippen LogP contribution in [-0.4, -0.2) is 5.91 Å². The maximum atomic E-state index is 12.9. The van der Waals surface area contributed by atoms with Gasteiger partial charge in [-0.1, -0.05) is 40.2 Å². The van der Waals surface area contributed by atoms with Gasteiger partial charge in [-0.15, -0.1) is 0 Å². The number of carbonyl (C=O) groups excluding carboxylic acids is 1. The van der Waals surface area contributed by atoms with Crippen LogP contribution in [0.4, 0.5) is 4.39 Å². The Labute approximate surface area is 126 Å². The van der Waals surface area contributed by atoms with E-state index in [0.717, 1.165) is 11.1 Å². The van der Waals surface area contributed by atoms with E-state index in [0.29, 0.717) is 10.9 Å². The third-order valence-corrected chi connectivity index (χ3v) is 3.71. The van der Waals surface area contributed by atoms with E-state index in [4.69, 9.17) is 0 Å². The van der Waals surface area contributed by atoms with Gasteiger partial charge in [-0.2, -0.15) is 0 Å². The summed E-state index contributed by atoms with van der Waals surface area (Å²) in [6, 6.07) is 13.4. The molecular weight excluding hydrogens is 321 g/mol. The lowest BCUT2D eigenvalue weighted by Gasteiger charge is -2.14. The lowest BCUT2D eigenvalue weighted by atomic mass is 10.1. The summed E-state index contributed by atoms with van der Waals surface area (Å²) in [5, 5.41) is 3.62. The third-order valence-electron chi connectivity index (χ3n) is 3.06. The molecule has 2 rings (SSSR count). The first-order valence-corrected chi connectivity index (χ1v) is 7.43. The van der Waals surface area contributed by atoms with Gasteiger partial charge in [0.2, 0.25) is 0 Å². The van der Waals surface area contributed by atoms with Crippen molar-refractivity contribution in [2.24, 2.45) is 0 Å². The first-order valence-electron chi connectivity index (χ1n) is 6.31. The molecule has 0 saturated carbocycles. The van der Waals surface area contributed by atoms with Crippen molar-refractivity contribution in [3.8, 4) is 0 Å². The van der Waals surface area contributed by atoms with Crippen molar-refractivity contribution in [1.29, 1.82) is 0 Å². The summed E-state index contributed by atoms with van der Waals surface area (Å²) >= 11 is 3.37. The second-order valence-corrected chi connectivity index (χ2v) is 5.14. The Balaban J connectivity index is 2.08. The van der Waals surface area contributed by atoms with Gasteiger partial charge in [0.25, 0.3) is 5.91 Å². The molecule has 0 aliphatic heterocycles. The zero-order valence-electron chi connectivity index (χ0n) is 11.1. The maximum absolute atomic E-state index is 12.9. The number of benzene rings is 2. The molecule has 2 nitrogen and oxygen atoms in total. The number of hydrogen-bond donors (Lipinski definition) is 1. The minimum Gasteiger partial charge on any atom is -0.346 e. The molecule has 0 aromatic heterocycles. The zero-order valence-corrected chi connectivity index (χ0v) is 12.7. The van der Waals surface area contributed by atoms with E-state index in [1.807, 2.05) is 25.1 Å². The zero-order chi connectivity index (χ0) is 14.5. The molecular formula is C16H15BrFNO. The van der Waals surface area contributed by atoms with E-state index in [1.165, 1.54) is 12.1 Å². The van der Waals surface area contributed by atoms with Crippen LogP contribution in [-0.2, 0) is 5.33 Å². The topological polar surface area (TPSA) is 29.1 Å². The van der Waals surface area contributed by atoms with E-state index in [2.05, 4.69) is 21.2 Å². The fourth-order valence-electron chi connectivity index (χ4n) is 1.91. The van der Waals surface area contributed by atoms with E-state index >= 15 is 0 Å².